The second-order valence-corrected chi connectivity index (χ2v) is 4.45. The second kappa shape index (κ2) is 3.89. The first-order valence-corrected chi connectivity index (χ1v) is 5.75. The van der Waals surface area contributed by atoms with Crippen molar-refractivity contribution in [3.63, 3.8) is 0 Å². The van der Waals surface area contributed by atoms with Gasteiger partial charge in [0, 0.05) is 24.3 Å². The molecule has 1 aromatic rings. The molecule has 3 heteroatoms. The average Bonchev–Trinajstić information content (AvgIpc) is 2.57. The summed E-state index contributed by atoms with van der Waals surface area (Å²) < 4.78 is 14.2. The first-order chi connectivity index (χ1) is 6.74. The molecule has 1 aromatic carbocycles. The average molecular weight is 258 g/mol. The Bertz CT molecular complexity index is 351. The third kappa shape index (κ3) is 1.54. The van der Waals surface area contributed by atoms with Crippen LogP contribution in [0, 0.1) is 5.82 Å². The third-order valence-corrected chi connectivity index (χ3v) is 3.25. The summed E-state index contributed by atoms with van der Waals surface area (Å²) in [4.78, 5) is 2.25. The molecule has 0 spiro atoms. The topological polar surface area (TPSA) is 3.24 Å². The molecular weight excluding hydrogens is 245 g/mol. The number of hydrogen-bond donors (Lipinski definition) is 0. The molecule has 76 valence electrons. The Kier molecular flexibility index (Phi) is 2.77. The largest absolute Gasteiger partial charge is 0.371 e. The minimum Gasteiger partial charge on any atom is -0.371 e. The van der Waals surface area contributed by atoms with Gasteiger partial charge in [0.2, 0.25) is 0 Å². The van der Waals surface area contributed by atoms with E-state index in [9.17, 15) is 4.39 Å². The highest BCUT2D eigenvalue weighted by atomic mass is 79.9. The van der Waals surface area contributed by atoms with E-state index in [1.165, 1.54) is 0 Å². The maximum atomic E-state index is 13.6. The van der Waals surface area contributed by atoms with Crippen LogP contribution in [0.2, 0.25) is 0 Å². The van der Waals surface area contributed by atoms with E-state index in [0.29, 0.717) is 4.47 Å². The fraction of sp³-hybridized carbons (Fsp3) is 0.455. The van der Waals surface area contributed by atoms with Crippen molar-refractivity contribution in [2.75, 3.05) is 18.0 Å². The summed E-state index contributed by atoms with van der Waals surface area (Å²) in [6.45, 7) is 4.12. The van der Waals surface area contributed by atoms with Gasteiger partial charge in [0.05, 0.1) is 4.47 Å². The zero-order chi connectivity index (χ0) is 10.1. The van der Waals surface area contributed by atoms with Crippen molar-refractivity contribution in [2.45, 2.75) is 19.8 Å². The van der Waals surface area contributed by atoms with Crippen molar-refractivity contribution >= 4 is 21.6 Å². The smallest absolute Gasteiger partial charge is 0.142 e. The molecule has 1 nitrogen and oxygen atoms in total. The van der Waals surface area contributed by atoms with Gasteiger partial charge in [0.15, 0.2) is 0 Å². The predicted molar refractivity (Wildman–Crippen MR) is 60.3 cm³/mol. The van der Waals surface area contributed by atoms with Crippen LogP contribution in [0.3, 0.4) is 0 Å². The molecule has 0 fully saturated rings. The van der Waals surface area contributed by atoms with Crippen LogP contribution in [-0.2, 0) is 6.42 Å². The fourth-order valence-electron chi connectivity index (χ4n) is 1.99. The van der Waals surface area contributed by atoms with E-state index in [-0.39, 0.29) is 5.82 Å². The lowest BCUT2D eigenvalue weighted by molar-refractivity contribution is 0.609. The summed E-state index contributed by atoms with van der Waals surface area (Å²) in [5, 5.41) is 0. The molecular formula is C11H13BrFN. The van der Waals surface area contributed by atoms with Gasteiger partial charge in [-0.05, 0) is 40.9 Å². The van der Waals surface area contributed by atoms with Crippen molar-refractivity contribution < 1.29 is 4.39 Å². The Morgan fingerprint density at radius 3 is 3.00 bits per heavy atom. The summed E-state index contributed by atoms with van der Waals surface area (Å²) in [7, 11) is 0. The number of anilines is 1. The lowest BCUT2D eigenvalue weighted by Gasteiger charge is -2.18. The Labute approximate surface area is 92.0 Å². The van der Waals surface area contributed by atoms with E-state index in [2.05, 4.69) is 27.8 Å². The Hall–Kier alpha value is -0.570. The molecule has 0 amide bonds. The molecule has 0 saturated carbocycles. The van der Waals surface area contributed by atoms with Gasteiger partial charge in [-0.1, -0.05) is 6.92 Å². The van der Waals surface area contributed by atoms with Crippen molar-refractivity contribution in [3.05, 3.63) is 28.0 Å². The molecule has 0 N–H and O–H groups in total. The van der Waals surface area contributed by atoms with Gasteiger partial charge in [0.25, 0.3) is 0 Å². The molecule has 2 rings (SSSR count). The molecule has 1 aliphatic heterocycles. The molecule has 0 aromatic heterocycles. The molecule has 1 aliphatic rings. The molecule has 0 radical (unpaired) electrons. The Balaban J connectivity index is 2.37. The number of hydrogen-bond acceptors (Lipinski definition) is 1. The molecule has 0 unspecified atom stereocenters. The number of fused-ring (bicyclic) bond motifs is 1. The van der Waals surface area contributed by atoms with Crippen molar-refractivity contribution in [1.82, 2.24) is 0 Å². The van der Waals surface area contributed by atoms with Gasteiger partial charge in [-0.2, -0.15) is 0 Å². The van der Waals surface area contributed by atoms with Crippen LogP contribution in [0.15, 0.2) is 16.6 Å². The van der Waals surface area contributed by atoms with Crippen LogP contribution in [0.5, 0.6) is 0 Å². The van der Waals surface area contributed by atoms with Crippen LogP contribution in [-0.4, -0.2) is 13.1 Å². The van der Waals surface area contributed by atoms with Gasteiger partial charge >= 0.3 is 0 Å². The van der Waals surface area contributed by atoms with Gasteiger partial charge in [0.1, 0.15) is 5.82 Å². The minimum absolute atomic E-state index is 0.0823. The Morgan fingerprint density at radius 2 is 2.29 bits per heavy atom. The van der Waals surface area contributed by atoms with Crippen LogP contribution in [0.25, 0.3) is 0 Å². The second-order valence-electron chi connectivity index (χ2n) is 3.60. The van der Waals surface area contributed by atoms with Crippen LogP contribution in [0.4, 0.5) is 10.1 Å². The Morgan fingerprint density at radius 1 is 1.50 bits per heavy atom. The van der Waals surface area contributed by atoms with Crippen LogP contribution < -0.4 is 4.90 Å². The van der Waals surface area contributed by atoms with E-state index in [0.717, 1.165) is 37.2 Å². The highest BCUT2D eigenvalue weighted by Gasteiger charge is 2.22. The van der Waals surface area contributed by atoms with E-state index in [4.69, 9.17) is 0 Å². The summed E-state index contributed by atoms with van der Waals surface area (Å²) in [6, 6.07) is 3.80. The van der Waals surface area contributed by atoms with Crippen molar-refractivity contribution in [2.24, 2.45) is 0 Å². The highest BCUT2D eigenvalue weighted by Crippen LogP contribution is 2.33. The predicted octanol–water partition coefficient (Wildman–Crippen LogP) is 3.36. The molecule has 1 heterocycles. The number of rotatable bonds is 2. The van der Waals surface area contributed by atoms with Gasteiger partial charge < -0.3 is 4.90 Å². The monoisotopic (exact) mass is 257 g/mol. The van der Waals surface area contributed by atoms with Gasteiger partial charge in [-0.15, -0.1) is 0 Å². The van der Waals surface area contributed by atoms with Gasteiger partial charge in [-0.25, -0.2) is 4.39 Å². The number of halogens is 2. The highest BCUT2D eigenvalue weighted by molar-refractivity contribution is 9.10. The molecule has 0 atom stereocenters. The summed E-state index contributed by atoms with van der Waals surface area (Å²) in [5.41, 5.74) is 1.94. The summed E-state index contributed by atoms with van der Waals surface area (Å²) >= 11 is 3.21. The molecule has 0 saturated heterocycles. The zero-order valence-electron chi connectivity index (χ0n) is 8.19. The summed E-state index contributed by atoms with van der Waals surface area (Å²) in [5.74, 6) is -0.0823. The molecule has 14 heavy (non-hydrogen) atoms. The lowest BCUT2D eigenvalue weighted by Crippen LogP contribution is -2.20. The van der Waals surface area contributed by atoms with Crippen molar-refractivity contribution in [3.8, 4) is 0 Å². The lowest BCUT2D eigenvalue weighted by atomic mass is 10.1. The normalized spacial score (nSPS) is 14.6. The van der Waals surface area contributed by atoms with Crippen LogP contribution in [0.1, 0.15) is 18.9 Å². The maximum absolute atomic E-state index is 13.6. The summed E-state index contributed by atoms with van der Waals surface area (Å²) in [6.07, 6.45) is 1.94. The standard InChI is InChI=1S/C11H13BrFN/c1-2-6-14-7-5-8-10(14)4-3-9(12)11(8)13/h3-4H,2,5-7H2,1H3. The molecule has 0 bridgehead atoms. The fourth-order valence-corrected chi connectivity index (χ4v) is 2.36. The minimum atomic E-state index is -0.0823. The van der Waals surface area contributed by atoms with Crippen molar-refractivity contribution in [1.29, 1.82) is 0 Å². The maximum Gasteiger partial charge on any atom is 0.142 e. The van der Waals surface area contributed by atoms with E-state index in [1.807, 2.05) is 6.07 Å². The van der Waals surface area contributed by atoms with Gasteiger partial charge in [-0.3, -0.25) is 0 Å². The SMILES string of the molecule is CCCN1CCc2c1ccc(Br)c2F. The zero-order valence-corrected chi connectivity index (χ0v) is 9.77. The molecule has 0 aliphatic carbocycles. The first kappa shape index (κ1) is 9.97. The quantitative estimate of drug-likeness (QED) is 0.786. The number of nitrogens with zero attached hydrogens (tertiary/aromatic N) is 1. The van der Waals surface area contributed by atoms with E-state index < -0.39 is 0 Å². The van der Waals surface area contributed by atoms with E-state index in [1.54, 1.807) is 6.07 Å². The van der Waals surface area contributed by atoms with Crippen LogP contribution >= 0.6 is 15.9 Å². The van der Waals surface area contributed by atoms with E-state index >= 15 is 0 Å². The number of benzene rings is 1. The third-order valence-electron chi connectivity index (χ3n) is 2.64. The first-order valence-electron chi connectivity index (χ1n) is 4.96.